The Morgan fingerprint density at radius 2 is 2.15 bits per heavy atom. The smallest absolute Gasteiger partial charge is 0.0598 e. The Hall–Kier alpha value is -1.39. The highest BCUT2D eigenvalue weighted by molar-refractivity contribution is 9.10. The SMILES string of the molecule is CCNCc1ccncc1N(C)Cc1cccc(Br)c1. The van der Waals surface area contributed by atoms with Crippen LogP contribution in [0.4, 0.5) is 5.69 Å². The van der Waals surface area contributed by atoms with Crippen LogP contribution in [0.3, 0.4) is 0 Å². The number of anilines is 1. The van der Waals surface area contributed by atoms with E-state index in [9.17, 15) is 0 Å². The van der Waals surface area contributed by atoms with E-state index < -0.39 is 0 Å². The van der Waals surface area contributed by atoms with Crippen LogP contribution in [0.25, 0.3) is 0 Å². The van der Waals surface area contributed by atoms with E-state index in [4.69, 9.17) is 0 Å². The predicted molar refractivity (Wildman–Crippen MR) is 87.9 cm³/mol. The van der Waals surface area contributed by atoms with E-state index in [0.717, 1.165) is 24.1 Å². The highest BCUT2D eigenvalue weighted by Crippen LogP contribution is 2.21. The molecule has 0 saturated carbocycles. The van der Waals surface area contributed by atoms with Crippen molar-refractivity contribution in [2.24, 2.45) is 0 Å². The van der Waals surface area contributed by atoms with Gasteiger partial charge in [-0.1, -0.05) is 35.0 Å². The molecule has 0 amide bonds. The fourth-order valence-corrected chi connectivity index (χ4v) is 2.61. The topological polar surface area (TPSA) is 28.2 Å². The summed E-state index contributed by atoms with van der Waals surface area (Å²) in [4.78, 5) is 6.49. The number of nitrogens with zero attached hydrogens (tertiary/aromatic N) is 2. The van der Waals surface area contributed by atoms with Crippen LogP contribution in [0.1, 0.15) is 18.1 Å². The van der Waals surface area contributed by atoms with E-state index in [2.05, 4.69) is 69.4 Å². The molecule has 20 heavy (non-hydrogen) atoms. The molecule has 2 aromatic rings. The van der Waals surface area contributed by atoms with E-state index in [1.54, 1.807) is 0 Å². The summed E-state index contributed by atoms with van der Waals surface area (Å²) in [5.74, 6) is 0. The Labute approximate surface area is 129 Å². The van der Waals surface area contributed by atoms with Crippen molar-refractivity contribution in [3.05, 3.63) is 58.3 Å². The normalized spacial score (nSPS) is 10.6. The van der Waals surface area contributed by atoms with Gasteiger partial charge in [0.25, 0.3) is 0 Å². The average Bonchev–Trinajstić information content (AvgIpc) is 2.45. The van der Waals surface area contributed by atoms with E-state index in [0.29, 0.717) is 0 Å². The standard InChI is InChI=1S/C16H20BrN3/c1-3-18-10-14-7-8-19-11-16(14)20(2)12-13-5-4-6-15(17)9-13/h4-9,11,18H,3,10,12H2,1-2H3. The molecule has 1 heterocycles. The lowest BCUT2D eigenvalue weighted by Crippen LogP contribution is -2.20. The second-order valence-corrected chi connectivity index (χ2v) is 5.69. The first-order valence-corrected chi connectivity index (χ1v) is 7.59. The summed E-state index contributed by atoms with van der Waals surface area (Å²) < 4.78 is 1.11. The van der Waals surface area contributed by atoms with Crippen molar-refractivity contribution < 1.29 is 0 Å². The summed E-state index contributed by atoms with van der Waals surface area (Å²) in [7, 11) is 2.10. The van der Waals surface area contributed by atoms with E-state index in [-0.39, 0.29) is 0 Å². The second-order valence-electron chi connectivity index (χ2n) is 4.77. The molecule has 0 bridgehead atoms. The summed E-state index contributed by atoms with van der Waals surface area (Å²) in [5.41, 5.74) is 3.73. The summed E-state index contributed by atoms with van der Waals surface area (Å²) in [6.07, 6.45) is 3.79. The molecular formula is C16H20BrN3. The van der Waals surface area contributed by atoms with Gasteiger partial charge in [0.05, 0.1) is 11.9 Å². The van der Waals surface area contributed by atoms with Crippen molar-refractivity contribution in [1.82, 2.24) is 10.3 Å². The minimum atomic E-state index is 0.865. The number of hydrogen-bond acceptors (Lipinski definition) is 3. The van der Waals surface area contributed by atoms with E-state index in [1.807, 2.05) is 18.5 Å². The molecule has 1 N–H and O–H groups in total. The van der Waals surface area contributed by atoms with Crippen molar-refractivity contribution >= 4 is 21.6 Å². The third kappa shape index (κ3) is 4.05. The van der Waals surface area contributed by atoms with Gasteiger partial charge in [0, 0.05) is 30.8 Å². The van der Waals surface area contributed by atoms with E-state index >= 15 is 0 Å². The summed E-state index contributed by atoms with van der Waals surface area (Å²) in [5, 5.41) is 3.37. The van der Waals surface area contributed by atoms with Gasteiger partial charge in [0.2, 0.25) is 0 Å². The van der Waals surface area contributed by atoms with Gasteiger partial charge < -0.3 is 10.2 Å². The average molecular weight is 334 g/mol. The monoisotopic (exact) mass is 333 g/mol. The lowest BCUT2D eigenvalue weighted by atomic mass is 10.1. The Bertz CT molecular complexity index is 557. The minimum Gasteiger partial charge on any atom is -0.369 e. The van der Waals surface area contributed by atoms with Gasteiger partial charge in [-0.3, -0.25) is 4.98 Å². The van der Waals surface area contributed by atoms with Crippen molar-refractivity contribution in [3.63, 3.8) is 0 Å². The molecule has 1 aromatic carbocycles. The third-order valence-corrected chi connectivity index (χ3v) is 3.67. The van der Waals surface area contributed by atoms with Gasteiger partial charge in [-0.25, -0.2) is 0 Å². The Kier molecular flexibility index (Phi) is 5.56. The lowest BCUT2D eigenvalue weighted by molar-refractivity contribution is 0.722. The number of benzene rings is 1. The molecule has 2 rings (SSSR count). The lowest BCUT2D eigenvalue weighted by Gasteiger charge is -2.22. The van der Waals surface area contributed by atoms with Crippen molar-refractivity contribution in [2.75, 3.05) is 18.5 Å². The number of halogens is 1. The summed E-state index contributed by atoms with van der Waals surface area (Å²) in [6.45, 7) is 4.82. The molecule has 0 atom stereocenters. The fourth-order valence-electron chi connectivity index (χ4n) is 2.16. The third-order valence-electron chi connectivity index (χ3n) is 3.17. The highest BCUT2D eigenvalue weighted by Gasteiger charge is 2.08. The number of pyridine rings is 1. The molecule has 0 fully saturated rings. The van der Waals surface area contributed by atoms with Gasteiger partial charge in [0.15, 0.2) is 0 Å². The molecule has 0 saturated heterocycles. The van der Waals surface area contributed by atoms with E-state index in [1.165, 1.54) is 16.8 Å². The zero-order chi connectivity index (χ0) is 14.4. The predicted octanol–water partition coefficient (Wildman–Crippen LogP) is 3.59. The highest BCUT2D eigenvalue weighted by atomic mass is 79.9. The van der Waals surface area contributed by atoms with Crippen LogP contribution in [0.2, 0.25) is 0 Å². The number of hydrogen-bond donors (Lipinski definition) is 1. The molecule has 0 aliphatic heterocycles. The Morgan fingerprint density at radius 3 is 2.90 bits per heavy atom. The molecule has 0 spiro atoms. The van der Waals surface area contributed by atoms with Gasteiger partial charge in [-0.05, 0) is 35.9 Å². The molecule has 1 aromatic heterocycles. The van der Waals surface area contributed by atoms with Gasteiger partial charge in [-0.2, -0.15) is 0 Å². The Morgan fingerprint density at radius 1 is 1.30 bits per heavy atom. The maximum atomic E-state index is 4.25. The van der Waals surface area contributed by atoms with Crippen LogP contribution in [0.5, 0.6) is 0 Å². The maximum absolute atomic E-state index is 4.25. The van der Waals surface area contributed by atoms with Crippen LogP contribution < -0.4 is 10.2 Å². The number of rotatable bonds is 6. The fraction of sp³-hybridized carbons (Fsp3) is 0.312. The van der Waals surface area contributed by atoms with Crippen molar-refractivity contribution in [3.8, 4) is 0 Å². The molecule has 0 aliphatic rings. The zero-order valence-electron chi connectivity index (χ0n) is 11.9. The maximum Gasteiger partial charge on any atom is 0.0598 e. The summed E-state index contributed by atoms with van der Waals surface area (Å²) in [6, 6.07) is 10.5. The van der Waals surface area contributed by atoms with Crippen LogP contribution in [0.15, 0.2) is 47.2 Å². The minimum absolute atomic E-state index is 0.865. The first kappa shape index (κ1) is 15.0. The second kappa shape index (κ2) is 7.41. The molecule has 3 nitrogen and oxygen atoms in total. The van der Waals surface area contributed by atoms with Crippen LogP contribution >= 0.6 is 15.9 Å². The van der Waals surface area contributed by atoms with Crippen LogP contribution in [-0.2, 0) is 13.1 Å². The van der Waals surface area contributed by atoms with Crippen LogP contribution in [-0.4, -0.2) is 18.6 Å². The quantitative estimate of drug-likeness (QED) is 0.875. The molecule has 4 heteroatoms. The summed E-state index contributed by atoms with van der Waals surface area (Å²) >= 11 is 3.52. The molecular weight excluding hydrogens is 314 g/mol. The first-order chi connectivity index (χ1) is 9.70. The molecule has 0 unspecified atom stereocenters. The van der Waals surface area contributed by atoms with Crippen LogP contribution in [0, 0.1) is 0 Å². The van der Waals surface area contributed by atoms with Gasteiger partial charge in [-0.15, -0.1) is 0 Å². The molecule has 0 aliphatic carbocycles. The molecule has 0 radical (unpaired) electrons. The van der Waals surface area contributed by atoms with Crippen molar-refractivity contribution in [1.29, 1.82) is 0 Å². The van der Waals surface area contributed by atoms with Crippen molar-refractivity contribution in [2.45, 2.75) is 20.0 Å². The van der Waals surface area contributed by atoms with Gasteiger partial charge in [0.1, 0.15) is 0 Å². The number of aromatic nitrogens is 1. The Balaban J connectivity index is 2.14. The largest absolute Gasteiger partial charge is 0.369 e. The zero-order valence-corrected chi connectivity index (χ0v) is 13.5. The molecule has 106 valence electrons. The number of nitrogens with one attached hydrogen (secondary N) is 1. The van der Waals surface area contributed by atoms with Gasteiger partial charge >= 0.3 is 0 Å². The first-order valence-electron chi connectivity index (χ1n) is 6.80.